The van der Waals surface area contributed by atoms with Crippen molar-refractivity contribution in [1.82, 2.24) is 0 Å². The highest BCUT2D eigenvalue weighted by atomic mass is 16.5. The van der Waals surface area contributed by atoms with Crippen molar-refractivity contribution in [2.45, 2.75) is 31.8 Å². The molecule has 1 saturated carbocycles. The molecular weight excluding hydrogens is 216 g/mol. The fourth-order valence-electron chi connectivity index (χ4n) is 2.27. The molecule has 94 valence electrons. The van der Waals surface area contributed by atoms with Crippen LogP contribution in [-0.2, 0) is 0 Å². The number of aliphatic hydroxyl groups excluding tert-OH is 1. The fourth-order valence-corrected chi connectivity index (χ4v) is 2.27. The van der Waals surface area contributed by atoms with Crippen molar-refractivity contribution < 1.29 is 14.6 Å². The molecule has 0 heterocycles. The van der Waals surface area contributed by atoms with E-state index >= 15 is 0 Å². The van der Waals surface area contributed by atoms with Crippen molar-refractivity contribution in [3.8, 4) is 11.5 Å². The number of aliphatic hydroxyl groups is 1. The van der Waals surface area contributed by atoms with Crippen molar-refractivity contribution in [2.75, 3.05) is 14.2 Å². The topological polar surface area (TPSA) is 38.7 Å². The van der Waals surface area contributed by atoms with Crippen molar-refractivity contribution in [3.63, 3.8) is 0 Å². The first-order valence-electron chi connectivity index (χ1n) is 6.14. The Balaban J connectivity index is 2.15. The minimum atomic E-state index is -0.453. The number of methoxy groups -OCH3 is 2. The first kappa shape index (κ1) is 12.2. The summed E-state index contributed by atoms with van der Waals surface area (Å²) < 4.78 is 10.5. The maximum absolute atomic E-state index is 10.3. The van der Waals surface area contributed by atoms with Crippen LogP contribution >= 0.6 is 0 Å². The lowest BCUT2D eigenvalue weighted by atomic mass is 9.80. The summed E-state index contributed by atoms with van der Waals surface area (Å²) in [7, 11) is 3.26. The summed E-state index contributed by atoms with van der Waals surface area (Å²) in [6.45, 7) is 0. The van der Waals surface area contributed by atoms with Crippen LogP contribution in [0.25, 0.3) is 0 Å². The van der Waals surface area contributed by atoms with Crippen LogP contribution in [0.15, 0.2) is 18.2 Å². The summed E-state index contributed by atoms with van der Waals surface area (Å²) in [4.78, 5) is 0. The van der Waals surface area contributed by atoms with E-state index in [4.69, 9.17) is 9.47 Å². The van der Waals surface area contributed by atoms with Crippen LogP contribution in [0, 0.1) is 5.92 Å². The molecule has 0 saturated heterocycles. The maximum Gasteiger partial charge on any atom is 0.124 e. The molecule has 1 aliphatic rings. The van der Waals surface area contributed by atoms with Gasteiger partial charge in [0.15, 0.2) is 0 Å². The van der Waals surface area contributed by atoms with Gasteiger partial charge in [-0.3, -0.25) is 0 Å². The molecule has 1 aromatic rings. The van der Waals surface area contributed by atoms with Crippen LogP contribution in [0.3, 0.4) is 0 Å². The average Bonchev–Trinajstić information content (AvgIpc) is 2.32. The minimum Gasteiger partial charge on any atom is -0.497 e. The predicted molar refractivity (Wildman–Crippen MR) is 66.5 cm³/mol. The lowest BCUT2D eigenvalue weighted by molar-refractivity contribution is 0.115. The molecule has 3 heteroatoms. The van der Waals surface area contributed by atoms with Gasteiger partial charge in [0.1, 0.15) is 11.5 Å². The van der Waals surface area contributed by atoms with E-state index in [2.05, 4.69) is 0 Å². The van der Waals surface area contributed by atoms with Gasteiger partial charge >= 0.3 is 0 Å². The van der Waals surface area contributed by atoms with Gasteiger partial charge in [-0.2, -0.15) is 0 Å². The third kappa shape index (κ3) is 2.72. The number of benzene rings is 1. The summed E-state index contributed by atoms with van der Waals surface area (Å²) >= 11 is 0. The van der Waals surface area contributed by atoms with Crippen LogP contribution < -0.4 is 9.47 Å². The monoisotopic (exact) mass is 236 g/mol. The van der Waals surface area contributed by atoms with Crippen LogP contribution in [0.2, 0.25) is 0 Å². The molecule has 2 rings (SSSR count). The number of hydrogen-bond acceptors (Lipinski definition) is 3. The van der Waals surface area contributed by atoms with E-state index in [1.165, 1.54) is 19.3 Å². The van der Waals surface area contributed by atoms with E-state index in [0.29, 0.717) is 5.92 Å². The molecule has 1 N–H and O–H groups in total. The lowest BCUT2D eigenvalue weighted by Crippen LogP contribution is -2.15. The Bertz CT molecular complexity index is 372. The molecule has 0 radical (unpaired) electrons. The molecule has 0 aliphatic heterocycles. The van der Waals surface area contributed by atoms with Gasteiger partial charge in [-0.15, -0.1) is 0 Å². The molecule has 0 bridgehead atoms. The Hall–Kier alpha value is -1.22. The second-order valence-corrected chi connectivity index (χ2v) is 4.66. The molecule has 1 fully saturated rings. The fraction of sp³-hybridized carbons (Fsp3) is 0.571. The van der Waals surface area contributed by atoms with Crippen LogP contribution in [0.4, 0.5) is 0 Å². The first-order valence-corrected chi connectivity index (χ1v) is 6.14. The summed E-state index contributed by atoms with van der Waals surface area (Å²) in [5, 5.41) is 10.3. The molecular formula is C14H20O3. The molecule has 17 heavy (non-hydrogen) atoms. The maximum atomic E-state index is 10.3. The average molecular weight is 236 g/mol. The van der Waals surface area contributed by atoms with Gasteiger partial charge in [-0.1, -0.05) is 19.3 Å². The zero-order valence-corrected chi connectivity index (χ0v) is 10.5. The van der Waals surface area contributed by atoms with Gasteiger partial charge in [0.2, 0.25) is 0 Å². The zero-order valence-electron chi connectivity index (χ0n) is 10.5. The standard InChI is InChI=1S/C14H20O3/c1-16-11-6-7-14(17-2)12(9-11)13(15)8-10-4-3-5-10/h6-7,9-10,13,15H,3-5,8H2,1-2H3. The van der Waals surface area contributed by atoms with Crippen LogP contribution in [0.1, 0.15) is 37.4 Å². The smallest absolute Gasteiger partial charge is 0.124 e. The molecule has 1 unspecified atom stereocenters. The minimum absolute atomic E-state index is 0.453. The Morgan fingerprint density at radius 3 is 2.59 bits per heavy atom. The molecule has 3 nitrogen and oxygen atoms in total. The summed E-state index contributed by atoms with van der Waals surface area (Å²) in [6, 6.07) is 5.55. The quantitative estimate of drug-likeness (QED) is 0.854. The highest BCUT2D eigenvalue weighted by Gasteiger charge is 2.23. The Labute approximate surface area is 102 Å². The second-order valence-electron chi connectivity index (χ2n) is 4.66. The third-order valence-electron chi connectivity index (χ3n) is 3.58. The zero-order chi connectivity index (χ0) is 12.3. The summed E-state index contributed by atoms with van der Waals surface area (Å²) in [5.74, 6) is 2.16. The molecule has 0 aromatic heterocycles. The molecule has 1 aromatic carbocycles. The van der Waals surface area contributed by atoms with Gasteiger partial charge in [0, 0.05) is 5.56 Å². The van der Waals surface area contributed by atoms with E-state index in [-0.39, 0.29) is 0 Å². The Morgan fingerprint density at radius 2 is 2.06 bits per heavy atom. The van der Waals surface area contributed by atoms with Crippen LogP contribution in [-0.4, -0.2) is 19.3 Å². The highest BCUT2D eigenvalue weighted by molar-refractivity contribution is 5.41. The number of hydrogen-bond donors (Lipinski definition) is 1. The van der Waals surface area contributed by atoms with Crippen molar-refractivity contribution in [1.29, 1.82) is 0 Å². The SMILES string of the molecule is COc1ccc(OC)c(C(O)CC2CCC2)c1. The van der Waals surface area contributed by atoms with Gasteiger partial charge in [0.05, 0.1) is 20.3 Å². The molecule has 1 atom stereocenters. The molecule has 1 aliphatic carbocycles. The van der Waals surface area contributed by atoms with Gasteiger partial charge < -0.3 is 14.6 Å². The van der Waals surface area contributed by atoms with Crippen molar-refractivity contribution in [2.24, 2.45) is 5.92 Å². The predicted octanol–water partition coefficient (Wildman–Crippen LogP) is 2.93. The molecule has 0 spiro atoms. The van der Waals surface area contributed by atoms with Crippen molar-refractivity contribution >= 4 is 0 Å². The number of rotatable bonds is 5. The largest absolute Gasteiger partial charge is 0.497 e. The van der Waals surface area contributed by atoms with Crippen LogP contribution in [0.5, 0.6) is 11.5 Å². The third-order valence-corrected chi connectivity index (χ3v) is 3.58. The first-order chi connectivity index (χ1) is 8.24. The Morgan fingerprint density at radius 1 is 1.29 bits per heavy atom. The van der Waals surface area contributed by atoms with E-state index in [9.17, 15) is 5.11 Å². The van der Waals surface area contributed by atoms with Gasteiger partial charge in [0.25, 0.3) is 0 Å². The van der Waals surface area contributed by atoms with E-state index < -0.39 is 6.10 Å². The van der Waals surface area contributed by atoms with E-state index in [0.717, 1.165) is 23.5 Å². The highest BCUT2D eigenvalue weighted by Crippen LogP contribution is 2.38. The summed E-state index contributed by atoms with van der Waals surface area (Å²) in [5.41, 5.74) is 0.832. The number of ether oxygens (including phenoxy) is 2. The van der Waals surface area contributed by atoms with Gasteiger partial charge in [-0.05, 0) is 30.5 Å². The van der Waals surface area contributed by atoms with E-state index in [1.54, 1.807) is 14.2 Å². The molecule has 0 amide bonds. The van der Waals surface area contributed by atoms with Crippen molar-refractivity contribution in [3.05, 3.63) is 23.8 Å². The Kier molecular flexibility index (Phi) is 3.89. The normalized spacial score (nSPS) is 17.4. The second kappa shape index (κ2) is 5.41. The van der Waals surface area contributed by atoms with E-state index in [1.807, 2.05) is 18.2 Å². The summed E-state index contributed by atoms with van der Waals surface area (Å²) in [6.07, 6.45) is 4.15. The van der Waals surface area contributed by atoms with Gasteiger partial charge in [-0.25, -0.2) is 0 Å². The lowest BCUT2D eigenvalue weighted by Gasteiger charge is -2.28.